The summed E-state index contributed by atoms with van der Waals surface area (Å²) in [7, 11) is 0. The number of nitriles is 1. The molecule has 1 radical (unpaired) electrons. The molecule has 0 saturated carbocycles. The first-order chi connectivity index (χ1) is 8.08. The van der Waals surface area contributed by atoms with Crippen molar-refractivity contribution in [3.05, 3.63) is 33.9 Å². The monoisotopic (exact) mass is 295 g/mol. The molecule has 1 aromatic carbocycles. The number of nitro groups is 1. The Bertz CT molecular complexity index is 496. The average Bonchev–Trinajstić information content (AvgIpc) is 2.29. The second-order valence-corrected chi connectivity index (χ2v) is 5.13. The third kappa shape index (κ3) is 3.58. The van der Waals surface area contributed by atoms with Crippen LogP contribution < -0.4 is 4.35 Å². The van der Waals surface area contributed by atoms with Crippen molar-refractivity contribution < 1.29 is 14.5 Å². The van der Waals surface area contributed by atoms with E-state index < -0.39 is 20.7 Å². The predicted molar refractivity (Wildman–Crippen MR) is 60.2 cm³/mol. The van der Waals surface area contributed by atoms with Crippen LogP contribution in [0, 0.1) is 21.4 Å². The zero-order chi connectivity index (χ0) is 12.8. The van der Waals surface area contributed by atoms with Crippen LogP contribution in [0.2, 0.25) is 0 Å². The molecule has 0 bridgehead atoms. The van der Waals surface area contributed by atoms with Gasteiger partial charge in [-0.1, -0.05) is 0 Å². The molecule has 0 spiro atoms. The Balaban J connectivity index is 2.98. The van der Waals surface area contributed by atoms with Gasteiger partial charge in [0.2, 0.25) is 0 Å². The first-order valence-electron chi connectivity index (χ1n) is 4.65. The van der Waals surface area contributed by atoms with Crippen LogP contribution in [0.5, 0.6) is 0 Å². The molecular formula is C10H8AsN2O4. The zero-order valence-corrected chi connectivity index (χ0v) is 10.8. The van der Waals surface area contributed by atoms with Crippen molar-refractivity contribution in [1.29, 1.82) is 5.26 Å². The Morgan fingerprint density at radius 3 is 2.88 bits per heavy atom. The van der Waals surface area contributed by atoms with E-state index in [0.29, 0.717) is 4.35 Å². The molecule has 6 nitrogen and oxygen atoms in total. The molecule has 0 atom stereocenters. The van der Waals surface area contributed by atoms with Crippen molar-refractivity contribution in [2.24, 2.45) is 0 Å². The van der Waals surface area contributed by atoms with E-state index in [1.54, 1.807) is 6.92 Å². The number of rotatable bonds is 4. The van der Waals surface area contributed by atoms with E-state index in [1.807, 2.05) is 6.07 Å². The third-order valence-corrected chi connectivity index (χ3v) is 3.77. The van der Waals surface area contributed by atoms with E-state index in [9.17, 15) is 14.9 Å². The van der Waals surface area contributed by atoms with Gasteiger partial charge in [-0.05, 0) is 0 Å². The number of hydrogen-bond acceptors (Lipinski definition) is 5. The number of hydrogen-bond donors (Lipinski definition) is 0. The van der Waals surface area contributed by atoms with Gasteiger partial charge in [-0.15, -0.1) is 0 Å². The summed E-state index contributed by atoms with van der Waals surface area (Å²) in [6.45, 7) is 1.98. The topological polar surface area (TPSA) is 93.2 Å². The number of carbonyl (C=O) groups is 1. The number of nitrogens with zero attached hydrogens (tertiary/aromatic N) is 2. The molecule has 0 aliphatic heterocycles. The molecule has 7 heteroatoms. The van der Waals surface area contributed by atoms with Crippen molar-refractivity contribution in [3.63, 3.8) is 0 Å². The fourth-order valence-corrected chi connectivity index (χ4v) is 2.70. The van der Waals surface area contributed by atoms with Crippen LogP contribution in [0.15, 0.2) is 18.2 Å². The first kappa shape index (κ1) is 13.2. The molecule has 17 heavy (non-hydrogen) atoms. The van der Waals surface area contributed by atoms with Crippen LogP contribution in [0.3, 0.4) is 0 Å². The summed E-state index contributed by atoms with van der Waals surface area (Å²) in [5, 5.41) is 19.4. The van der Waals surface area contributed by atoms with Gasteiger partial charge in [0.1, 0.15) is 0 Å². The number of carbonyl (C=O) groups excluding carboxylic acids is 1. The van der Waals surface area contributed by atoms with Crippen molar-refractivity contribution in [3.8, 4) is 6.07 Å². The Labute approximate surface area is 104 Å². The van der Waals surface area contributed by atoms with Crippen LogP contribution in [0.25, 0.3) is 0 Å². The van der Waals surface area contributed by atoms with Gasteiger partial charge in [0, 0.05) is 0 Å². The van der Waals surface area contributed by atoms with E-state index in [4.69, 9.17) is 10.00 Å². The molecule has 0 saturated heterocycles. The van der Waals surface area contributed by atoms with E-state index in [1.165, 1.54) is 18.2 Å². The van der Waals surface area contributed by atoms with Gasteiger partial charge in [0.15, 0.2) is 0 Å². The standard InChI is InChI=1S/C10H8AsN2O4/c1-2-17-10(14)11-9-4-3-8(13(15)16)5-7(9)6-12/h3-5H,2H2,1H3. The van der Waals surface area contributed by atoms with Crippen molar-refractivity contribution in [2.75, 3.05) is 6.61 Å². The summed E-state index contributed by atoms with van der Waals surface area (Å²) in [6.07, 6.45) is 0. The molecule has 0 fully saturated rings. The normalized spacial score (nSPS) is 10.1. The molecule has 0 amide bonds. The summed E-state index contributed by atoms with van der Waals surface area (Å²) >= 11 is -0.954. The molecule has 1 rings (SSSR count). The van der Waals surface area contributed by atoms with Crippen molar-refractivity contribution >= 4 is 30.5 Å². The molecule has 0 N–H and O–H groups in total. The average molecular weight is 295 g/mol. The quantitative estimate of drug-likeness (QED) is 0.468. The SMILES string of the molecule is CCOC(=O)[As]c1ccc([N+](=O)[O-])cc1C#N. The molecule has 0 heterocycles. The van der Waals surface area contributed by atoms with Gasteiger partial charge in [0.25, 0.3) is 0 Å². The Morgan fingerprint density at radius 2 is 2.35 bits per heavy atom. The maximum atomic E-state index is 11.3. The van der Waals surface area contributed by atoms with E-state index in [0.717, 1.165) is 0 Å². The Hall–Kier alpha value is -1.86. The third-order valence-electron chi connectivity index (χ3n) is 1.79. The summed E-state index contributed by atoms with van der Waals surface area (Å²) < 4.78 is 4.94. The van der Waals surface area contributed by atoms with Crippen LogP contribution in [0.1, 0.15) is 12.5 Å². The van der Waals surface area contributed by atoms with Gasteiger partial charge in [-0.2, -0.15) is 0 Å². The minimum atomic E-state index is -0.954. The number of benzene rings is 1. The van der Waals surface area contributed by atoms with Gasteiger partial charge < -0.3 is 0 Å². The number of nitro benzene ring substituents is 1. The summed E-state index contributed by atoms with van der Waals surface area (Å²) in [6, 6.07) is 5.74. The summed E-state index contributed by atoms with van der Waals surface area (Å²) in [5.41, 5.74) is 0.00242. The first-order valence-corrected chi connectivity index (χ1v) is 6.53. The van der Waals surface area contributed by atoms with E-state index in [-0.39, 0.29) is 22.6 Å². The second kappa shape index (κ2) is 6.02. The zero-order valence-electron chi connectivity index (χ0n) is 8.91. The van der Waals surface area contributed by atoms with E-state index >= 15 is 0 Å². The fraction of sp³-hybridized carbons (Fsp3) is 0.200. The van der Waals surface area contributed by atoms with Crippen molar-refractivity contribution in [2.45, 2.75) is 6.92 Å². The van der Waals surface area contributed by atoms with Gasteiger partial charge in [-0.3, -0.25) is 0 Å². The molecule has 0 aromatic heterocycles. The summed E-state index contributed by atoms with van der Waals surface area (Å²) in [5.74, 6) is 0. The fourth-order valence-electron chi connectivity index (χ4n) is 1.08. The number of non-ortho nitro benzene ring substituents is 1. The Kier molecular flexibility index (Phi) is 4.67. The van der Waals surface area contributed by atoms with Crippen LogP contribution in [-0.2, 0) is 4.74 Å². The van der Waals surface area contributed by atoms with E-state index in [2.05, 4.69) is 0 Å². The predicted octanol–water partition coefficient (Wildman–Crippen LogP) is 0.952. The van der Waals surface area contributed by atoms with Gasteiger partial charge in [-0.25, -0.2) is 0 Å². The molecule has 87 valence electrons. The van der Waals surface area contributed by atoms with Crippen LogP contribution in [-0.4, -0.2) is 32.0 Å². The number of ether oxygens (including phenoxy) is 1. The molecular weight excluding hydrogens is 287 g/mol. The van der Waals surface area contributed by atoms with Crippen molar-refractivity contribution in [1.82, 2.24) is 0 Å². The van der Waals surface area contributed by atoms with Crippen LogP contribution >= 0.6 is 0 Å². The second-order valence-electron chi connectivity index (χ2n) is 2.88. The molecule has 1 aromatic rings. The van der Waals surface area contributed by atoms with Gasteiger partial charge in [0.05, 0.1) is 0 Å². The molecule has 0 aliphatic rings. The Morgan fingerprint density at radius 1 is 1.65 bits per heavy atom. The maximum absolute atomic E-state index is 11.3. The van der Waals surface area contributed by atoms with Gasteiger partial charge >= 0.3 is 104 Å². The summed E-state index contributed by atoms with van der Waals surface area (Å²) in [4.78, 5) is 21.2. The van der Waals surface area contributed by atoms with Crippen LogP contribution in [0.4, 0.5) is 10.5 Å². The molecule has 0 aliphatic carbocycles. The molecule has 0 unspecified atom stereocenters. The minimum absolute atomic E-state index is 0.157.